The van der Waals surface area contributed by atoms with Gasteiger partial charge in [-0.1, -0.05) is 20.8 Å². The Bertz CT molecular complexity index is 615. The van der Waals surface area contributed by atoms with E-state index >= 15 is 0 Å². The maximum atomic E-state index is 11.9. The molecule has 22 heavy (non-hydrogen) atoms. The highest BCUT2D eigenvalue weighted by molar-refractivity contribution is 5.82. The zero-order valence-corrected chi connectivity index (χ0v) is 14.3. The summed E-state index contributed by atoms with van der Waals surface area (Å²) in [6.07, 6.45) is 0. The van der Waals surface area contributed by atoms with E-state index in [0.29, 0.717) is 12.5 Å². The predicted octanol–water partition coefficient (Wildman–Crippen LogP) is 3.97. The molecule has 0 unspecified atom stereocenters. The first-order chi connectivity index (χ1) is 10.5. The van der Waals surface area contributed by atoms with Gasteiger partial charge in [0.2, 0.25) is 0 Å². The Labute approximate surface area is 132 Å². The summed E-state index contributed by atoms with van der Waals surface area (Å²) >= 11 is 0. The fourth-order valence-corrected chi connectivity index (χ4v) is 2.71. The molecule has 3 rings (SSSR count). The van der Waals surface area contributed by atoms with E-state index in [-0.39, 0.29) is 6.03 Å². The third kappa shape index (κ3) is 3.43. The Morgan fingerprint density at radius 2 is 1.86 bits per heavy atom. The highest BCUT2D eigenvalue weighted by Gasteiger charge is 2.26. The minimum absolute atomic E-state index is 0.0362. The first-order valence-electron chi connectivity index (χ1n) is 8.14. The molecule has 1 aliphatic heterocycles. The number of benzene rings is 1. The van der Waals surface area contributed by atoms with Gasteiger partial charge in [-0.3, -0.25) is 0 Å². The van der Waals surface area contributed by atoms with Gasteiger partial charge in [-0.05, 0) is 54.5 Å². The molecule has 1 saturated heterocycles. The van der Waals surface area contributed by atoms with Crippen LogP contribution in [0.4, 0.5) is 4.79 Å². The van der Waals surface area contributed by atoms with Crippen LogP contribution in [-0.4, -0.2) is 29.0 Å². The summed E-state index contributed by atoms with van der Waals surface area (Å²) in [4.78, 5) is 17.1. The smallest absolute Gasteiger partial charge is 0.317 e. The number of fused-ring (bicyclic) bond motifs is 1. The number of aromatic amines is 1. The zero-order valence-electron chi connectivity index (χ0n) is 14.3. The Morgan fingerprint density at radius 3 is 2.50 bits per heavy atom. The molecule has 2 aromatic rings. The number of rotatable bonds is 2. The Hall–Kier alpha value is -1.97. The number of aromatic nitrogens is 1. The van der Waals surface area contributed by atoms with E-state index in [0.717, 1.165) is 24.3 Å². The van der Waals surface area contributed by atoms with Gasteiger partial charge in [0.25, 0.3) is 0 Å². The van der Waals surface area contributed by atoms with Crippen molar-refractivity contribution in [3.8, 4) is 0 Å². The summed E-state index contributed by atoms with van der Waals surface area (Å²) in [7, 11) is 0. The van der Waals surface area contributed by atoms with Crippen LogP contribution >= 0.6 is 0 Å². The summed E-state index contributed by atoms with van der Waals surface area (Å²) in [6.45, 7) is 12.7. The molecule has 2 heterocycles. The number of amides is 2. The summed E-state index contributed by atoms with van der Waals surface area (Å²) in [6, 6.07) is 6.49. The van der Waals surface area contributed by atoms with Crippen LogP contribution in [-0.2, 0) is 6.54 Å². The number of aryl methyl sites for hydroxylation is 2. The largest absolute Gasteiger partial charge is 0.357 e. The first-order valence-corrected chi connectivity index (χ1v) is 8.14. The topological polar surface area (TPSA) is 48.1 Å². The van der Waals surface area contributed by atoms with Crippen molar-refractivity contribution in [3.05, 3.63) is 35.0 Å². The lowest BCUT2D eigenvalue weighted by molar-refractivity contribution is 0.129. The molecule has 1 aromatic heterocycles. The van der Waals surface area contributed by atoms with E-state index in [1.807, 2.05) is 18.7 Å². The fraction of sp³-hybridized carbons (Fsp3) is 0.500. The van der Waals surface area contributed by atoms with Gasteiger partial charge in [-0.25, -0.2) is 4.79 Å². The molecule has 120 valence electrons. The molecule has 0 bridgehead atoms. The molecule has 0 saturated carbocycles. The van der Waals surface area contributed by atoms with Crippen molar-refractivity contribution in [1.29, 1.82) is 0 Å². The molecular weight excluding hydrogens is 274 g/mol. The molecule has 0 radical (unpaired) electrons. The number of urea groups is 1. The molecule has 1 aromatic carbocycles. The van der Waals surface area contributed by atoms with Gasteiger partial charge in [-0.15, -0.1) is 0 Å². The number of H-pyrrole nitrogens is 1. The van der Waals surface area contributed by atoms with Crippen LogP contribution in [0.3, 0.4) is 0 Å². The van der Waals surface area contributed by atoms with Crippen LogP contribution in [0, 0.1) is 19.8 Å². The third-order valence-electron chi connectivity index (χ3n) is 4.07. The average molecular weight is 301 g/mol. The van der Waals surface area contributed by atoms with Crippen LogP contribution in [0.1, 0.15) is 37.6 Å². The number of hydrogen-bond acceptors (Lipinski definition) is 1. The predicted molar refractivity (Wildman–Crippen MR) is 92.1 cm³/mol. The van der Waals surface area contributed by atoms with Crippen molar-refractivity contribution in [2.75, 3.05) is 13.1 Å². The number of carbonyl (C=O) groups is 1. The average Bonchev–Trinajstić information content (AvgIpc) is 2.86. The van der Waals surface area contributed by atoms with E-state index in [2.05, 4.69) is 49.3 Å². The van der Waals surface area contributed by atoms with Crippen molar-refractivity contribution in [2.24, 2.45) is 5.92 Å². The molecule has 0 spiro atoms. The van der Waals surface area contributed by atoms with E-state index in [4.69, 9.17) is 0 Å². The van der Waals surface area contributed by atoms with Gasteiger partial charge < -0.3 is 15.2 Å². The van der Waals surface area contributed by atoms with E-state index in [1.54, 1.807) is 0 Å². The molecule has 2 N–H and O–H groups in total. The minimum Gasteiger partial charge on any atom is -0.357 e. The van der Waals surface area contributed by atoms with Gasteiger partial charge >= 0.3 is 6.03 Å². The van der Waals surface area contributed by atoms with Crippen molar-refractivity contribution in [1.82, 2.24) is 15.2 Å². The van der Waals surface area contributed by atoms with E-state index < -0.39 is 0 Å². The summed E-state index contributed by atoms with van der Waals surface area (Å²) in [5, 5.41) is 4.17. The number of nitrogens with one attached hydrogen (secondary N) is 2. The maximum absolute atomic E-state index is 11.9. The number of likely N-dealkylation sites (tertiary alicyclic amines) is 1. The number of hydrogen-bond donors (Lipinski definition) is 2. The molecule has 0 aliphatic carbocycles. The van der Waals surface area contributed by atoms with Gasteiger partial charge in [0.15, 0.2) is 0 Å². The van der Waals surface area contributed by atoms with Crippen LogP contribution in [0.25, 0.3) is 10.9 Å². The molecule has 1 fully saturated rings. The second kappa shape index (κ2) is 6.86. The van der Waals surface area contributed by atoms with Gasteiger partial charge in [-0.2, -0.15) is 0 Å². The van der Waals surface area contributed by atoms with Crippen LogP contribution in [0.2, 0.25) is 0 Å². The second-order valence-electron chi connectivity index (χ2n) is 5.99. The number of carbonyl (C=O) groups excluding carboxylic acids is 1. The van der Waals surface area contributed by atoms with Crippen molar-refractivity contribution >= 4 is 16.9 Å². The van der Waals surface area contributed by atoms with Gasteiger partial charge in [0, 0.05) is 24.3 Å². The lowest BCUT2D eigenvalue weighted by atomic mass is 10.0. The summed E-state index contributed by atoms with van der Waals surface area (Å²) in [5.41, 5.74) is 4.76. The van der Waals surface area contributed by atoms with Gasteiger partial charge in [0.05, 0.1) is 6.54 Å². The summed E-state index contributed by atoms with van der Waals surface area (Å²) in [5.74, 6) is 0.639. The standard InChI is InChI=1S/C16H21N3O.C2H6/c1-10-8-19(9-10)16(20)17-7-14-6-13-4-11(2)12(3)5-15(13)18-14;1-2/h4-6,10,18H,7-9H2,1-3H3,(H,17,20);1-2H3. The molecule has 1 aliphatic rings. The minimum atomic E-state index is 0.0362. The second-order valence-corrected chi connectivity index (χ2v) is 5.99. The van der Waals surface area contributed by atoms with Crippen LogP contribution in [0.5, 0.6) is 0 Å². The molecule has 4 heteroatoms. The maximum Gasteiger partial charge on any atom is 0.317 e. The number of nitrogens with zero attached hydrogens (tertiary/aromatic N) is 1. The molecule has 4 nitrogen and oxygen atoms in total. The SMILES string of the molecule is CC.Cc1cc2cc(CNC(=O)N3CC(C)C3)[nH]c2cc1C. The fourth-order valence-electron chi connectivity index (χ4n) is 2.71. The van der Waals surface area contributed by atoms with Crippen molar-refractivity contribution < 1.29 is 4.79 Å². The zero-order chi connectivity index (χ0) is 16.3. The third-order valence-corrected chi connectivity index (χ3v) is 4.07. The molecule has 0 atom stereocenters. The monoisotopic (exact) mass is 301 g/mol. The lowest BCUT2D eigenvalue weighted by Crippen LogP contribution is -2.52. The quantitative estimate of drug-likeness (QED) is 0.866. The lowest BCUT2D eigenvalue weighted by Gasteiger charge is -2.36. The van der Waals surface area contributed by atoms with Crippen LogP contribution in [0.15, 0.2) is 18.2 Å². The van der Waals surface area contributed by atoms with Crippen molar-refractivity contribution in [3.63, 3.8) is 0 Å². The highest BCUT2D eigenvalue weighted by Crippen LogP contribution is 2.20. The summed E-state index contributed by atoms with van der Waals surface area (Å²) < 4.78 is 0. The van der Waals surface area contributed by atoms with E-state index in [9.17, 15) is 4.79 Å². The molecule has 2 amide bonds. The normalized spacial score (nSPS) is 14.3. The van der Waals surface area contributed by atoms with Gasteiger partial charge in [0.1, 0.15) is 0 Å². The highest BCUT2D eigenvalue weighted by atomic mass is 16.2. The molecular formula is C18H27N3O. The van der Waals surface area contributed by atoms with Crippen molar-refractivity contribution in [2.45, 2.75) is 41.2 Å². The first kappa shape index (κ1) is 16.4. The van der Waals surface area contributed by atoms with E-state index in [1.165, 1.54) is 16.5 Å². The Morgan fingerprint density at radius 1 is 1.23 bits per heavy atom. The Kier molecular flexibility index (Phi) is 5.11. The Balaban J connectivity index is 0.000000847. The van der Waals surface area contributed by atoms with Crippen LogP contribution < -0.4 is 5.32 Å².